The fourth-order valence-corrected chi connectivity index (χ4v) is 6.82. The molecule has 0 aliphatic heterocycles. The molecule has 0 spiro atoms. The summed E-state index contributed by atoms with van der Waals surface area (Å²) in [6.07, 6.45) is 32.4. The molecule has 0 aromatic heterocycles. The zero-order valence-corrected chi connectivity index (χ0v) is 32.8. The molecule has 0 amide bonds. The van der Waals surface area contributed by atoms with Crippen LogP contribution in [0.2, 0.25) is 0 Å². The Bertz CT molecular complexity index is 958. The number of esters is 1. The van der Waals surface area contributed by atoms with Crippen LogP contribution in [0.3, 0.4) is 0 Å². The van der Waals surface area contributed by atoms with E-state index in [0.29, 0.717) is 30.9 Å². The molecule has 1 aromatic carbocycles. The molecule has 0 aliphatic carbocycles. The van der Waals surface area contributed by atoms with Crippen LogP contribution in [0, 0.1) is 0 Å². The van der Waals surface area contributed by atoms with Gasteiger partial charge in [-0.3, -0.25) is 14.4 Å². The first-order valence-electron chi connectivity index (χ1n) is 21.2. The Balaban J connectivity index is 2.35. The Morgan fingerprint density at radius 1 is 0.531 bits per heavy atom. The van der Waals surface area contributed by atoms with Gasteiger partial charge in [-0.25, -0.2) is 0 Å². The molecule has 0 saturated carbocycles. The van der Waals surface area contributed by atoms with Gasteiger partial charge in [0, 0.05) is 19.5 Å². The highest BCUT2D eigenvalue weighted by Crippen LogP contribution is 2.19. The van der Waals surface area contributed by atoms with Gasteiger partial charge in [-0.05, 0) is 77.9 Å². The molecule has 0 unspecified atom stereocenters. The molecule has 7 nitrogen and oxygen atoms in total. The van der Waals surface area contributed by atoms with Crippen LogP contribution in [0.25, 0.3) is 0 Å². The summed E-state index contributed by atoms with van der Waals surface area (Å²) in [6.45, 7) is 13.3. The number of ether oxygens (including phenoxy) is 1. The lowest BCUT2D eigenvalue weighted by atomic mass is 10.0. The van der Waals surface area contributed by atoms with Gasteiger partial charge in [-0.15, -0.1) is 0 Å². The van der Waals surface area contributed by atoms with Crippen LogP contribution in [-0.4, -0.2) is 49.7 Å². The number of carbonyl (C=O) groups excluding carboxylic acids is 1. The SMILES string of the molecule is CCCCCCCCC(CCCCCCCC)OC(=O)CCCCCCCN(CCCCCCCC)CCCNc1c(NCC)c(=O)c1=O. The Kier molecular flexibility index (Phi) is 29.5. The van der Waals surface area contributed by atoms with Gasteiger partial charge in [0.05, 0.1) is 0 Å². The van der Waals surface area contributed by atoms with Crippen molar-refractivity contribution in [3.63, 3.8) is 0 Å². The monoisotopic (exact) mass is 690 g/mol. The maximum atomic E-state index is 12.8. The molecule has 0 atom stereocenters. The largest absolute Gasteiger partial charge is 0.462 e. The summed E-state index contributed by atoms with van der Waals surface area (Å²) in [6, 6.07) is 0. The molecule has 0 fully saturated rings. The van der Waals surface area contributed by atoms with Crippen LogP contribution >= 0.6 is 0 Å². The van der Waals surface area contributed by atoms with Crippen molar-refractivity contribution >= 4 is 17.3 Å². The van der Waals surface area contributed by atoms with E-state index in [4.69, 9.17) is 4.74 Å². The summed E-state index contributed by atoms with van der Waals surface area (Å²) in [5, 5.41) is 6.22. The van der Waals surface area contributed by atoms with E-state index in [1.807, 2.05) is 6.92 Å². The number of hydrogen-bond donors (Lipinski definition) is 2. The molecular formula is C42H79N3O4. The van der Waals surface area contributed by atoms with Gasteiger partial charge in [0.2, 0.25) is 0 Å². The minimum atomic E-state index is -0.401. The number of rotatable bonds is 37. The number of nitrogens with zero attached hydrogens (tertiary/aromatic N) is 1. The van der Waals surface area contributed by atoms with E-state index in [-0.39, 0.29) is 12.1 Å². The van der Waals surface area contributed by atoms with E-state index >= 15 is 0 Å². The summed E-state index contributed by atoms with van der Waals surface area (Å²) in [7, 11) is 0. The maximum Gasteiger partial charge on any atom is 0.306 e. The molecule has 1 aromatic rings. The number of unbranched alkanes of at least 4 members (excludes halogenated alkanes) is 19. The van der Waals surface area contributed by atoms with Crippen molar-refractivity contribution in [2.45, 2.75) is 207 Å². The normalized spacial score (nSPS) is 11.6. The minimum absolute atomic E-state index is 0.0158. The summed E-state index contributed by atoms with van der Waals surface area (Å²) in [5.41, 5.74) is 0.117. The lowest BCUT2D eigenvalue weighted by Gasteiger charge is -2.23. The molecular weight excluding hydrogens is 610 g/mol. The summed E-state index contributed by atoms with van der Waals surface area (Å²) in [5.74, 6) is 0.0158. The molecule has 0 aliphatic rings. The van der Waals surface area contributed by atoms with Crippen molar-refractivity contribution in [1.29, 1.82) is 0 Å². The van der Waals surface area contributed by atoms with Crippen molar-refractivity contribution < 1.29 is 9.53 Å². The first-order chi connectivity index (χ1) is 24.0. The van der Waals surface area contributed by atoms with Gasteiger partial charge in [-0.1, -0.05) is 136 Å². The topological polar surface area (TPSA) is 87.7 Å². The van der Waals surface area contributed by atoms with Crippen molar-refractivity contribution in [3.05, 3.63) is 20.4 Å². The first kappa shape index (κ1) is 45.1. The van der Waals surface area contributed by atoms with E-state index in [9.17, 15) is 14.4 Å². The molecule has 0 heterocycles. The smallest absolute Gasteiger partial charge is 0.306 e. The van der Waals surface area contributed by atoms with Gasteiger partial charge in [-0.2, -0.15) is 0 Å². The van der Waals surface area contributed by atoms with Crippen LogP contribution in [0.15, 0.2) is 9.59 Å². The van der Waals surface area contributed by atoms with E-state index < -0.39 is 10.9 Å². The first-order valence-corrected chi connectivity index (χ1v) is 21.2. The fourth-order valence-electron chi connectivity index (χ4n) is 6.82. The third-order valence-corrected chi connectivity index (χ3v) is 9.96. The zero-order valence-electron chi connectivity index (χ0n) is 32.8. The van der Waals surface area contributed by atoms with Gasteiger partial charge in [0.15, 0.2) is 0 Å². The fraction of sp³-hybridized carbons (Fsp3) is 0.881. The molecule has 2 N–H and O–H groups in total. The van der Waals surface area contributed by atoms with E-state index in [1.54, 1.807) is 0 Å². The second kappa shape index (κ2) is 32.0. The number of nitrogens with one attached hydrogen (secondary N) is 2. The van der Waals surface area contributed by atoms with Crippen molar-refractivity contribution in [2.24, 2.45) is 0 Å². The zero-order chi connectivity index (χ0) is 35.8. The highest BCUT2D eigenvalue weighted by molar-refractivity contribution is 5.73. The molecule has 0 bridgehead atoms. The van der Waals surface area contributed by atoms with E-state index in [1.165, 1.54) is 128 Å². The summed E-state index contributed by atoms with van der Waals surface area (Å²) < 4.78 is 6.04. The highest BCUT2D eigenvalue weighted by atomic mass is 16.5. The van der Waals surface area contributed by atoms with Gasteiger partial charge >= 0.3 is 5.97 Å². The molecule has 0 saturated heterocycles. The summed E-state index contributed by atoms with van der Waals surface area (Å²) >= 11 is 0. The molecule has 0 radical (unpaired) electrons. The average molecular weight is 690 g/mol. The van der Waals surface area contributed by atoms with Crippen molar-refractivity contribution in [2.75, 3.05) is 43.4 Å². The van der Waals surface area contributed by atoms with Gasteiger partial charge in [0.25, 0.3) is 10.9 Å². The molecule has 49 heavy (non-hydrogen) atoms. The standard InChI is InChI=1S/C42H79N3O4/c1-5-9-12-15-19-24-30-37(31-25-20-16-13-10-6-2)49-38(46)32-26-21-18-23-28-35-45(34-27-22-17-14-11-7-3)36-29-33-44-40-39(43-8-4)41(47)42(40)48/h37,43-44H,5-36H2,1-4H3. The third kappa shape index (κ3) is 23.3. The predicted molar refractivity (Wildman–Crippen MR) is 212 cm³/mol. The second-order valence-electron chi connectivity index (χ2n) is 14.6. The maximum absolute atomic E-state index is 12.8. The lowest BCUT2D eigenvalue weighted by molar-refractivity contribution is -0.150. The van der Waals surface area contributed by atoms with E-state index in [2.05, 4.69) is 36.3 Å². The Morgan fingerprint density at radius 2 is 0.939 bits per heavy atom. The molecule has 7 heteroatoms. The Labute approximate surface area is 302 Å². The van der Waals surface area contributed by atoms with Crippen LogP contribution in [-0.2, 0) is 9.53 Å². The second-order valence-corrected chi connectivity index (χ2v) is 14.6. The number of carbonyl (C=O) groups is 1. The van der Waals surface area contributed by atoms with Crippen LogP contribution < -0.4 is 21.5 Å². The lowest BCUT2D eigenvalue weighted by Crippen LogP contribution is -2.38. The number of hydrogen-bond acceptors (Lipinski definition) is 7. The Morgan fingerprint density at radius 3 is 1.43 bits per heavy atom. The quantitative estimate of drug-likeness (QED) is 0.0408. The van der Waals surface area contributed by atoms with E-state index in [0.717, 1.165) is 58.2 Å². The molecule has 286 valence electrons. The Hall–Kier alpha value is -1.89. The van der Waals surface area contributed by atoms with Crippen LogP contribution in [0.4, 0.5) is 11.4 Å². The van der Waals surface area contributed by atoms with Crippen molar-refractivity contribution in [1.82, 2.24) is 4.90 Å². The average Bonchev–Trinajstić information content (AvgIpc) is 3.10. The van der Waals surface area contributed by atoms with Crippen LogP contribution in [0.1, 0.15) is 201 Å². The minimum Gasteiger partial charge on any atom is -0.462 e. The van der Waals surface area contributed by atoms with Crippen LogP contribution in [0.5, 0.6) is 0 Å². The van der Waals surface area contributed by atoms with Gasteiger partial charge < -0.3 is 20.3 Å². The van der Waals surface area contributed by atoms with Crippen molar-refractivity contribution in [3.8, 4) is 0 Å². The summed E-state index contributed by atoms with van der Waals surface area (Å²) in [4.78, 5) is 39.1. The molecule has 1 rings (SSSR count). The van der Waals surface area contributed by atoms with Gasteiger partial charge in [0.1, 0.15) is 17.5 Å². The number of anilines is 2. The third-order valence-electron chi connectivity index (χ3n) is 9.96. The highest BCUT2D eigenvalue weighted by Gasteiger charge is 2.19. The predicted octanol–water partition coefficient (Wildman–Crippen LogP) is 10.9.